The van der Waals surface area contributed by atoms with Crippen LogP contribution in [0.1, 0.15) is 35.2 Å². The molecule has 0 bridgehead atoms. The normalized spacial score (nSPS) is 20.8. The second-order valence-electron chi connectivity index (χ2n) is 8.75. The molecule has 1 N–H and O–H groups in total. The zero-order valence-electron chi connectivity index (χ0n) is 18.1. The van der Waals surface area contributed by atoms with E-state index in [1.54, 1.807) is 23.1 Å². The molecule has 2 amide bonds. The van der Waals surface area contributed by atoms with Crippen molar-refractivity contribution >= 4 is 28.9 Å². The van der Waals surface area contributed by atoms with Gasteiger partial charge in [-0.25, -0.2) is 0 Å². The first-order chi connectivity index (χ1) is 15.8. The molecule has 174 valence electrons. The molecular formula is C24H25F3N4O2. The van der Waals surface area contributed by atoms with E-state index in [0.29, 0.717) is 43.1 Å². The number of halogens is 3. The van der Waals surface area contributed by atoms with E-state index in [-0.39, 0.29) is 17.9 Å². The van der Waals surface area contributed by atoms with E-state index in [9.17, 15) is 22.8 Å². The van der Waals surface area contributed by atoms with Crippen LogP contribution in [0.25, 0.3) is 0 Å². The van der Waals surface area contributed by atoms with Crippen molar-refractivity contribution in [3.8, 4) is 0 Å². The Hall–Kier alpha value is -3.23. The van der Waals surface area contributed by atoms with Crippen LogP contribution in [0.3, 0.4) is 0 Å². The number of alkyl halides is 3. The highest BCUT2D eigenvalue weighted by Crippen LogP contribution is 2.37. The third-order valence-electron chi connectivity index (χ3n) is 6.72. The number of amides is 2. The number of piperidine rings is 1. The van der Waals surface area contributed by atoms with Gasteiger partial charge >= 0.3 is 6.18 Å². The minimum absolute atomic E-state index is 0.0264. The summed E-state index contributed by atoms with van der Waals surface area (Å²) in [6, 6.07) is 10.6. The van der Waals surface area contributed by atoms with Crippen molar-refractivity contribution in [1.82, 2.24) is 4.90 Å². The molecular weight excluding hydrogens is 433 g/mol. The number of piperazine rings is 1. The molecule has 6 nitrogen and oxygen atoms in total. The summed E-state index contributed by atoms with van der Waals surface area (Å²) in [6.07, 6.45) is -1.47. The van der Waals surface area contributed by atoms with E-state index in [1.807, 2.05) is 11.0 Å². The van der Waals surface area contributed by atoms with E-state index >= 15 is 0 Å². The molecule has 3 aliphatic heterocycles. The molecule has 33 heavy (non-hydrogen) atoms. The number of nitrogens with one attached hydrogen (secondary N) is 1. The van der Waals surface area contributed by atoms with Gasteiger partial charge in [-0.15, -0.1) is 0 Å². The second-order valence-corrected chi connectivity index (χ2v) is 8.75. The lowest BCUT2D eigenvalue weighted by Crippen LogP contribution is -2.50. The summed E-state index contributed by atoms with van der Waals surface area (Å²) in [6.45, 7) is 2.55. The Morgan fingerprint density at radius 2 is 1.76 bits per heavy atom. The molecule has 3 heterocycles. The van der Waals surface area contributed by atoms with E-state index < -0.39 is 11.7 Å². The summed E-state index contributed by atoms with van der Waals surface area (Å²) in [5, 5.41) is 2.95. The third kappa shape index (κ3) is 4.12. The zero-order chi connectivity index (χ0) is 23.2. The summed E-state index contributed by atoms with van der Waals surface area (Å²) in [5.74, 6) is -0.169. The van der Waals surface area contributed by atoms with E-state index in [2.05, 4.69) is 10.2 Å². The Morgan fingerprint density at radius 1 is 0.970 bits per heavy atom. The Balaban J connectivity index is 1.27. The van der Waals surface area contributed by atoms with Crippen LogP contribution in [-0.2, 0) is 11.0 Å². The molecule has 1 atom stereocenters. The van der Waals surface area contributed by atoms with Crippen LogP contribution in [0.4, 0.5) is 30.2 Å². The van der Waals surface area contributed by atoms with Crippen LogP contribution >= 0.6 is 0 Å². The highest BCUT2D eigenvalue weighted by Gasteiger charge is 2.35. The lowest BCUT2D eigenvalue weighted by molar-refractivity contribution is -0.137. The lowest BCUT2D eigenvalue weighted by atomic mass is 9.96. The number of hydrogen-bond donors (Lipinski definition) is 1. The number of carbonyl (C=O) groups excluding carboxylic acids is 2. The van der Waals surface area contributed by atoms with E-state index in [0.717, 1.165) is 43.6 Å². The predicted molar refractivity (Wildman–Crippen MR) is 120 cm³/mol. The van der Waals surface area contributed by atoms with Gasteiger partial charge in [-0.1, -0.05) is 6.07 Å². The first-order valence-corrected chi connectivity index (χ1v) is 11.2. The van der Waals surface area contributed by atoms with Crippen molar-refractivity contribution in [3.05, 3.63) is 53.6 Å². The van der Waals surface area contributed by atoms with Crippen molar-refractivity contribution in [2.75, 3.05) is 47.8 Å². The van der Waals surface area contributed by atoms with Gasteiger partial charge in [-0.3, -0.25) is 9.59 Å². The number of benzene rings is 2. The average Bonchev–Trinajstić information content (AvgIpc) is 2.83. The number of fused-ring (bicyclic) bond motifs is 3. The molecule has 2 fully saturated rings. The van der Waals surface area contributed by atoms with Crippen LogP contribution in [0, 0.1) is 0 Å². The lowest BCUT2D eigenvalue weighted by Gasteiger charge is -2.41. The number of carbonyl (C=O) groups is 2. The molecule has 0 aliphatic carbocycles. The Morgan fingerprint density at radius 3 is 2.52 bits per heavy atom. The fraction of sp³-hybridized carbons (Fsp3) is 0.417. The maximum atomic E-state index is 13.1. The summed E-state index contributed by atoms with van der Waals surface area (Å²) >= 11 is 0. The van der Waals surface area contributed by atoms with Crippen LogP contribution in [0.2, 0.25) is 0 Å². The maximum absolute atomic E-state index is 13.1. The molecule has 1 unspecified atom stereocenters. The van der Waals surface area contributed by atoms with Crippen molar-refractivity contribution in [3.63, 3.8) is 0 Å². The quantitative estimate of drug-likeness (QED) is 0.740. The van der Waals surface area contributed by atoms with Gasteiger partial charge in [0.2, 0.25) is 5.91 Å². The minimum Gasteiger partial charge on any atom is -0.368 e. The Labute approximate surface area is 189 Å². The van der Waals surface area contributed by atoms with Crippen molar-refractivity contribution in [1.29, 1.82) is 0 Å². The molecule has 9 heteroatoms. The van der Waals surface area contributed by atoms with Crippen LogP contribution in [0.5, 0.6) is 0 Å². The van der Waals surface area contributed by atoms with E-state index in [4.69, 9.17) is 0 Å². The van der Waals surface area contributed by atoms with Gasteiger partial charge in [0.1, 0.15) is 6.04 Å². The predicted octanol–water partition coefficient (Wildman–Crippen LogP) is 3.98. The van der Waals surface area contributed by atoms with Crippen LogP contribution < -0.4 is 15.1 Å². The molecule has 0 radical (unpaired) electrons. The highest BCUT2D eigenvalue weighted by atomic mass is 19.4. The summed E-state index contributed by atoms with van der Waals surface area (Å²) < 4.78 is 39.1. The number of rotatable bonds is 2. The van der Waals surface area contributed by atoms with Crippen molar-refractivity contribution in [2.45, 2.75) is 31.5 Å². The summed E-state index contributed by atoms with van der Waals surface area (Å²) in [4.78, 5) is 31.3. The minimum atomic E-state index is -4.39. The molecule has 2 aromatic carbocycles. The summed E-state index contributed by atoms with van der Waals surface area (Å²) in [7, 11) is 0. The largest absolute Gasteiger partial charge is 0.416 e. The van der Waals surface area contributed by atoms with Gasteiger partial charge in [0, 0.05) is 44.0 Å². The molecule has 5 rings (SSSR count). The van der Waals surface area contributed by atoms with Gasteiger partial charge in [0.25, 0.3) is 5.91 Å². The Kier molecular flexibility index (Phi) is 5.42. The monoisotopic (exact) mass is 458 g/mol. The van der Waals surface area contributed by atoms with Crippen LogP contribution in [-0.4, -0.2) is 55.5 Å². The fourth-order valence-corrected chi connectivity index (χ4v) is 4.96. The summed E-state index contributed by atoms with van der Waals surface area (Å²) in [5.41, 5.74) is 1.93. The third-order valence-corrected chi connectivity index (χ3v) is 6.72. The number of hydrogen-bond acceptors (Lipinski definition) is 4. The SMILES string of the molecule is O=C1Nc2cc(C(=O)N3CCN(c4cccc(C(F)(F)F)c4)CC3)ccc2N2CCCCC12. The molecule has 2 saturated heterocycles. The standard InChI is InChI=1S/C24H25F3N4O2/c25-24(26,27)17-4-3-5-18(15-17)29-10-12-30(13-11-29)23(33)16-7-8-20-19(14-16)28-22(32)21-6-1-2-9-31(20)21/h3-5,7-8,14-15,21H,1-2,6,9-13H2,(H,28,32). The van der Waals surface area contributed by atoms with Crippen molar-refractivity contribution in [2.24, 2.45) is 0 Å². The van der Waals surface area contributed by atoms with Gasteiger partial charge in [-0.2, -0.15) is 13.2 Å². The van der Waals surface area contributed by atoms with Gasteiger partial charge in [0.05, 0.1) is 16.9 Å². The molecule has 0 saturated carbocycles. The fourth-order valence-electron chi connectivity index (χ4n) is 4.96. The van der Waals surface area contributed by atoms with Gasteiger partial charge in [0.15, 0.2) is 0 Å². The number of anilines is 3. The van der Waals surface area contributed by atoms with Gasteiger partial charge < -0.3 is 20.0 Å². The number of nitrogens with zero attached hydrogens (tertiary/aromatic N) is 3. The Bertz CT molecular complexity index is 1080. The highest BCUT2D eigenvalue weighted by molar-refractivity contribution is 6.05. The van der Waals surface area contributed by atoms with Crippen LogP contribution in [0.15, 0.2) is 42.5 Å². The van der Waals surface area contributed by atoms with Gasteiger partial charge in [-0.05, 0) is 55.7 Å². The topological polar surface area (TPSA) is 55.9 Å². The smallest absolute Gasteiger partial charge is 0.368 e. The first-order valence-electron chi connectivity index (χ1n) is 11.2. The van der Waals surface area contributed by atoms with Crippen molar-refractivity contribution < 1.29 is 22.8 Å². The zero-order valence-corrected chi connectivity index (χ0v) is 18.1. The average molecular weight is 458 g/mol. The maximum Gasteiger partial charge on any atom is 0.416 e. The molecule has 0 aromatic heterocycles. The molecule has 0 spiro atoms. The molecule has 2 aromatic rings. The first kappa shape index (κ1) is 21.6. The van der Waals surface area contributed by atoms with E-state index in [1.165, 1.54) is 6.07 Å². The second kappa shape index (κ2) is 8.28. The molecule has 3 aliphatic rings.